The molecule has 0 unspecified atom stereocenters. The highest BCUT2D eigenvalue weighted by molar-refractivity contribution is 6.25. The fraction of sp³-hybridized carbons (Fsp3) is 0.600. The highest BCUT2D eigenvalue weighted by Crippen LogP contribution is 2.39. The molecule has 0 amide bonds. The largest absolute Gasteiger partial charge is 0.492 e. The molecule has 1 saturated heterocycles. The van der Waals surface area contributed by atoms with E-state index in [1.165, 1.54) is 7.11 Å². The number of nitrogens with zero attached hydrogens (tertiary/aromatic N) is 2. The maximum absolute atomic E-state index is 12.7. The minimum atomic E-state index is -0.628. The lowest BCUT2D eigenvalue weighted by molar-refractivity contribution is -0.126. The monoisotopic (exact) mass is 292 g/mol. The molecule has 0 saturated carbocycles. The van der Waals surface area contributed by atoms with Crippen molar-refractivity contribution in [2.24, 2.45) is 0 Å². The van der Waals surface area contributed by atoms with E-state index in [-0.39, 0.29) is 29.4 Å². The zero-order valence-electron chi connectivity index (χ0n) is 12.7. The number of piperazine rings is 1. The van der Waals surface area contributed by atoms with E-state index in [0.29, 0.717) is 29.7 Å². The number of aliphatic hydroxyl groups excluding tert-OH is 1. The van der Waals surface area contributed by atoms with Crippen molar-refractivity contribution >= 4 is 11.6 Å². The molecule has 3 rings (SSSR count). The van der Waals surface area contributed by atoms with Crippen LogP contribution in [0.1, 0.15) is 13.3 Å². The van der Waals surface area contributed by atoms with Crippen LogP contribution in [0.5, 0.6) is 0 Å². The van der Waals surface area contributed by atoms with E-state index < -0.39 is 6.23 Å². The SMILES string of the molecule is COC1=C(C)C(=O)C2=C(C1=O)[C@@H]1CN(C)[C@@H](O)[C@H](C2)N1C. The molecular weight excluding hydrogens is 272 g/mol. The molecule has 0 aromatic rings. The molecule has 0 aromatic heterocycles. The zero-order valence-corrected chi connectivity index (χ0v) is 12.7. The Kier molecular flexibility index (Phi) is 3.27. The van der Waals surface area contributed by atoms with Gasteiger partial charge in [-0.1, -0.05) is 0 Å². The van der Waals surface area contributed by atoms with Gasteiger partial charge in [0.1, 0.15) is 6.23 Å². The average Bonchev–Trinajstić information content (AvgIpc) is 2.44. The fourth-order valence-corrected chi connectivity index (χ4v) is 3.68. The van der Waals surface area contributed by atoms with Gasteiger partial charge in [-0.05, 0) is 27.4 Å². The molecular formula is C15H20N2O4. The molecule has 0 spiro atoms. The molecule has 114 valence electrons. The van der Waals surface area contributed by atoms with Crippen LogP contribution in [-0.4, -0.2) is 72.5 Å². The van der Waals surface area contributed by atoms with Crippen LogP contribution < -0.4 is 0 Å². The summed E-state index contributed by atoms with van der Waals surface area (Å²) in [5, 5.41) is 10.3. The normalized spacial score (nSPS) is 34.4. The first-order valence-electron chi connectivity index (χ1n) is 7.06. The Hall–Kier alpha value is -1.50. The number of carbonyl (C=O) groups excluding carboxylic acids is 2. The Morgan fingerprint density at radius 3 is 2.52 bits per heavy atom. The summed E-state index contributed by atoms with van der Waals surface area (Å²) in [7, 11) is 5.14. The van der Waals surface area contributed by atoms with Crippen LogP contribution >= 0.6 is 0 Å². The molecule has 6 heteroatoms. The van der Waals surface area contributed by atoms with E-state index in [4.69, 9.17) is 4.74 Å². The summed E-state index contributed by atoms with van der Waals surface area (Å²) >= 11 is 0. The number of hydrogen-bond acceptors (Lipinski definition) is 6. The molecule has 3 atom stereocenters. The standard InChI is InChI=1S/C15H20N2O4/c1-7-12(18)8-5-9-15(20)16(2)6-10(17(9)3)11(8)13(19)14(7)21-4/h9-10,15,20H,5-6H2,1-4H3/t9-,10-,15-/m0/s1. The van der Waals surface area contributed by atoms with Gasteiger partial charge in [-0.3, -0.25) is 19.4 Å². The molecule has 2 aliphatic heterocycles. The van der Waals surface area contributed by atoms with Gasteiger partial charge < -0.3 is 9.84 Å². The van der Waals surface area contributed by atoms with Gasteiger partial charge in [0, 0.05) is 23.3 Å². The quantitative estimate of drug-likeness (QED) is 0.669. The third-order valence-corrected chi connectivity index (χ3v) is 4.95. The summed E-state index contributed by atoms with van der Waals surface area (Å²) in [4.78, 5) is 29.0. The van der Waals surface area contributed by atoms with Gasteiger partial charge in [0.15, 0.2) is 11.5 Å². The number of ketones is 2. The highest BCUT2D eigenvalue weighted by Gasteiger charge is 2.49. The predicted octanol–water partition coefficient (Wildman–Crippen LogP) is -0.308. The van der Waals surface area contributed by atoms with E-state index in [1.54, 1.807) is 6.92 Å². The molecule has 2 bridgehead atoms. The molecule has 21 heavy (non-hydrogen) atoms. The van der Waals surface area contributed by atoms with Crippen molar-refractivity contribution in [2.75, 3.05) is 27.7 Å². The first-order valence-corrected chi connectivity index (χ1v) is 7.06. The van der Waals surface area contributed by atoms with Crippen molar-refractivity contribution in [3.8, 4) is 0 Å². The number of Topliss-reactive ketones (excluding diaryl/α,β-unsaturated/α-hetero) is 2. The van der Waals surface area contributed by atoms with Crippen LogP contribution in [0, 0.1) is 0 Å². The minimum Gasteiger partial charge on any atom is -0.492 e. The van der Waals surface area contributed by atoms with E-state index in [1.807, 2.05) is 23.9 Å². The second-order valence-electron chi connectivity index (χ2n) is 6.01. The Balaban J connectivity index is 2.11. The molecule has 1 N–H and O–H groups in total. The van der Waals surface area contributed by atoms with E-state index >= 15 is 0 Å². The Labute approximate surface area is 123 Å². The predicted molar refractivity (Wildman–Crippen MR) is 75.3 cm³/mol. The number of carbonyl (C=O) groups is 2. The summed E-state index contributed by atoms with van der Waals surface area (Å²) in [6.45, 7) is 2.14. The summed E-state index contributed by atoms with van der Waals surface area (Å²) in [6.07, 6.45) is -0.233. The van der Waals surface area contributed by atoms with Crippen molar-refractivity contribution in [3.05, 3.63) is 22.5 Å². The number of methoxy groups -OCH3 is 1. The van der Waals surface area contributed by atoms with Crippen molar-refractivity contribution < 1.29 is 19.4 Å². The van der Waals surface area contributed by atoms with E-state index in [2.05, 4.69) is 0 Å². The second-order valence-corrected chi connectivity index (χ2v) is 6.01. The lowest BCUT2D eigenvalue weighted by atomic mass is 9.76. The number of aliphatic hydroxyl groups is 1. The molecule has 6 nitrogen and oxygen atoms in total. The fourth-order valence-electron chi connectivity index (χ4n) is 3.68. The van der Waals surface area contributed by atoms with Crippen LogP contribution in [0.25, 0.3) is 0 Å². The molecule has 0 radical (unpaired) electrons. The maximum Gasteiger partial charge on any atom is 0.225 e. The maximum atomic E-state index is 12.7. The van der Waals surface area contributed by atoms with Crippen molar-refractivity contribution in [1.82, 2.24) is 9.80 Å². The Morgan fingerprint density at radius 2 is 1.90 bits per heavy atom. The van der Waals surface area contributed by atoms with Crippen LogP contribution in [-0.2, 0) is 14.3 Å². The van der Waals surface area contributed by atoms with Crippen LogP contribution in [0.3, 0.4) is 0 Å². The third kappa shape index (κ3) is 1.83. The van der Waals surface area contributed by atoms with E-state index in [0.717, 1.165) is 0 Å². The van der Waals surface area contributed by atoms with Crippen molar-refractivity contribution in [2.45, 2.75) is 31.7 Å². The Bertz CT molecular complexity index is 592. The van der Waals surface area contributed by atoms with Gasteiger partial charge in [-0.2, -0.15) is 0 Å². The van der Waals surface area contributed by atoms with Gasteiger partial charge in [0.25, 0.3) is 0 Å². The first kappa shape index (κ1) is 14.4. The lowest BCUT2D eigenvalue weighted by Crippen LogP contribution is -2.65. The minimum absolute atomic E-state index is 0.124. The zero-order chi connectivity index (χ0) is 15.5. The smallest absolute Gasteiger partial charge is 0.225 e. The third-order valence-electron chi connectivity index (χ3n) is 4.95. The summed E-state index contributed by atoms with van der Waals surface area (Å²) < 4.78 is 5.15. The summed E-state index contributed by atoms with van der Waals surface area (Å²) in [5.74, 6) is -0.162. The molecule has 1 aliphatic carbocycles. The second kappa shape index (κ2) is 4.76. The van der Waals surface area contributed by atoms with Crippen LogP contribution in [0.4, 0.5) is 0 Å². The Morgan fingerprint density at radius 1 is 1.24 bits per heavy atom. The van der Waals surface area contributed by atoms with Gasteiger partial charge in [-0.15, -0.1) is 0 Å². The first-order chi connectivity index (χ1) is 9.88. The van der Waals surface area contributed by atoms with Gasteiger partial charge in [-0.25, -0.2) is 0 Å². The van der Waals surface area contributed by atoms with Crippen molar-refractivity contribution in [3.63, 3.8) is 0 Å². The topological polar surface area (TPSA) is 70.1 Å². The summed E-state index contributed by atoms with van der Waals surface area (Å²) in [6, 6.07) is -0.344. The van der Waals surface area contributed by atoms with Crippen LogP contribution in [0.15, 0.2) is 22.5 Å². The molecule has 2 heterocycles. The van der Waals surface area contributed by atoms with Gasteiger partial charge in [0.2, 0.25) is 5.78 Å². The van der Waals surface area contributed by atoms with Gasteiger partial charge >= 0.3 is 0 Å². The van der Waals surface area contributed by atoms with E-state index in [9.17, 15) is 14.7 Å². The van der Waals surface area contributed by atoms with Crippen LogP contribution in [0.2, 0.25) is 0 Å². The van der Waals surface area contributed by atoms with Gasteiger partial charge in [0.05, 0.1) is 19.2 Å². The number of ether oxygens (including phenoxy) is 1. The number of likely N-dealkylation sites (N-methyl/N-ethyl adjacent to an activating group) is 2. The average molecular weight is 292 g/mol. The number of fused-ring (bicyclic) bond motifs is 3. The number of hydrogen-bond donors (Lipinski definition) is 1. The number of allylic oxidation sites excluding steroid dienone is 2. The molecule has 1 fully saturated rings. The highest BCUT2D eigenvalue weighted by atomic mass is 16.5. The molecule has 3 aliphatic rings. The molecule has 0 aromatic carbocycles. The number of rotatable bonds is 1. The van der Waals surface area contributed by atoms with Crippen molar-refractivity contribution in [1.29, 1.82) is 0 Å². The lowest BCUT2D eigenvalue weighted by Gasteiger charge is -2.51. The summed E-state index contributed by atoms with van der Waals surface area (Å²) in [5.41, 5.74) is 1.46.